The second kappa shape index (κ2) is 10.8. The highest BCUT2D eigenvalue weighted by molar-refractivity contribution is 6.94. The number of aromatic nitrogens is 1. The highest BCUT2D eigenvalue weighted by Gasteiger charge is 2.45. The van der Waals surface area contributed by atoms with Gasteiger partial charge in [-0.25, -0.2) is 0 Å². The van der Waals surface area contributed by atoms with Gasteiger partial charge in [0.2, 0.25) is 0 Å². The van der Waals surface area contributed by atoms with Gasteiger partial charge in [-0.2, -0.15) is 0 Å². The molecule has 5 heteroatoms. The molecule has 0 bridgehead atoms. The summed E-state index contributed by atoms with van der Waals surface area (Å²) in [6, 6.07) is 54.4. The minimum atomic E-state index is -0.132. The molecule has 0 atom stereocenters. The van der Waals surface area contributed by atoms with Crippen molar-refractivity contribution < 1.29 is 8.83 Å². The predicted molar refractivity (Wildman–Crippen MR) is 251 cm³/mol. The maximum atomic E-state index is 6.70. The van der Waals surface area contributed by atoms with E-state index in [2.05, 4.69) is 190 Å². The summed E-state index contributed by atoms with van der Waals surface area (Å²) in [5.41, 5.74) is 21.3. The first kappa shape index (κ1) is 32.9. The first-order valence-corrected chi connectivity index (χ1v) is 21.2. The zero-order valence-corrected chi connectivity index (χ0v) is 34.1. The third-order valence-electron chi connectivity index (χ3n) is 14.3. The lowest BCUT2D eigenvalue weighted by molar-refractivity contribution is 0.590. The van der Waals surface area contributed by atoms with Gasteiger partial charge in [-0.1, -0.05) is 126 Å². The highest BCUT2D eigenvalue weighted by atomic mass is 16.3. The van der Waals surface area contributed by atoms with E-state index in [0.717, 1.165) is 60.9 Å². The molecule has 0 saturated carbocycles. The van der Waals surface area contributed by atoms with Crippen molar-refractivity contribution in [1.29, 1.82) is 0 Å². The van der Waals surface area contributed by atoms with Gasteiger partial charge in [-0.15, -0.1) is 0 Å². The van der Waals surface area contributed by atoms with Crippen molar-refractivity contribution >= 4 is 94.8 Å². The van der Waals surface area contributed by atoms with Crippen molar-refractivity contribution in [2.45, 2.75) is 45.4 Å². The van der Waals surface area contributed by atoms with E-state index in [9.17, 15) is 0 Å². The molecule has 4 nitrogen and oxygen atoms in total. The van der Waals surface area contributed by atoms with E-state index in [1.807, 2.05) is 0 Å². The van der Waals surface area contributed by atoms with Crippen molar-refractivity contribution in [3.8, 4) is 27.9 Å². The van der Waals surface area contributed by atoms with E-state index in [1.165, 1.54) is 71.7 Å². The van der Waals surface area contributed by atoms with Gasteiger partial charge in [-0.05, 0) is 92.2 Å². The van der Waals surface area contributed by atoms with Gasteiger partial charge < -0.3 is 18.2 Å². The van der Waals surface area contributed by atoms with Crippen LogP contribution in [0.3, 0.4) is 0 Å². The van der Waals surface area contributed by atoms with Gasteiger partial charge in [0, 0.05) is 72.5 Å². The minimum absolute atomic E-state index is 0.0270. The number of benzene rings is 8. The molecule has 0 spiro atoms. The maximum Gasteiger partial charge on any atom is 0.333 e. The van der Waals surface area contributed by atoms with E-state index in [1.54, 1.807) is 0 Å². The van der Waals surface area contributed by atoms with Gasteiger partial charge in [-0.3, -0.25) is 0 Å². The van der Waals surface area contributed by atoms with Crippen LogP contribution in [0.1, 0.15) is 51.3 Å². The first-order valence-electron chi connectivity index (χ1n) is 21.2. The van der Waals surface area contributed by atoms with Crippen LogP contribution in [0.15, 0.2) is 154 Å². The van der Waals surface area contributed by atoms with Gasteiger partial charge in [0.15, 0.2) is 0 Å². The van der Waals surface area contributed by atoms with Crippen LogP contribution in [0.5, 0.6) is 0 Å². The monoisotopic (exact) mass is 770 g/mol. The Morgan fingerprint density at radius 2 is 1.17 bits per heavy atom. The normalized spacial score (nSPS) is 14.8. The Balaban J connectivity index is 1.16. The summed E-state index contributed by atoms with van der Waals surface area (Å²) in [5.74, 6) is 0. The topological polar surface area (TPSA) is 34.5 Å². The summed E-state index contributed by atoms with van der Waals surface area (Å²) in [5, 5.41) is 7.11. The lowest BCUT2D eigenvalue weighted by Crippen LogP contribution is -2.60. The fraction of sp³-hybridized carbons (Fsp3) is 0.127. The van der Waals surface area contributed by atoms with Gasteiger partial charge >= 0.3 is 6.85 Å². The predicted octanol–water partition coefficient (Wildman–Crippen LogP) is 13.4. The molecule has 0 unspecified atom stereocenters. The molecule has 60 heavy (non-hydrogen) atoms. The van der Waals surface area contributed by atoms with Crippen LogP contribution in [-0.2, 0) is 10.8 Å². The fourth-order valence-corrected chi connectivity index (χ4v) is 11.4. The van der Waals surface area contributed by atoms with Gasteiger partial charge in [0.1, 0.15) is 22.3 Å². The van der Waals surface area contributed by atoms with E-state index < -0.39 is 0 Å². The van der Waals surface area contributed by atoms with Crippen LogP contribution in [0.2, 0.25) is 0 Å². The lowest BCUT2D eigenvalue weighted by atomic mass is 9.44. The molecule has 0 saturated heterocycles. The van der Waals surface area contributed by atoms with Gasteiger partial charge in [0.05, 0.1) is 11.0 Å². The molecule has 8 aromatic carbocycles. The molecule has 11 aromatic rings. The number of rotatable bonds is 1. The lowest BCUT2D eigenvalue weighted by Gasteiger charge is -2.42. The summed E-state index contributed by atoms with van der Waals surface area (Å²) in [6.45, 7) is 11.5. The Morgan fingerprint density at radius 1 is 0.500 bits per heavy atom. The van der Waals surface area contributed by atoms with Crippen LogP contribution in [0.4, 0.5) is 11.4 Å². The van der Waals surface area contributed by atoms with Crippen molar-refractivity contribution in [1.82, 2.24) is 4.57 Å². The molecule has 0 fully saturated rings. The van der Waals surface area contributed by atoms with Crippen molar-refractivity contribution in [2.75, 3.05) is 4.81 Å². The van der Waals surface area contributed by atoms with Crippen LogP contribution in [-0.4, -0.2) is 11.4 Å². The van der Waals surface area contributed by atoms with Crippen molar-refractivity contribution in [3.63, 3.8) is 0 Å². The van der Waals surface area contributed by atoms with E-state index in [4.69, 9.17) is 8.83 Å². The summed E-state index contributed by atoms with van der Waals surface area (Å²) >= 11 is 0. The first-order chi connectivity index (χ1) is 29.1. The van der Waals surface area contributed by atoms with Gasteiger partial charge in [0.25, 0.3) is 0 Å². The quantitative estimate of drug-likeness (QED) is 0.156. The van der Waals surface area contributed by atoms with E-state index in [0.29, 0.717) is 0 Å². The molecular formula is C55H39BN2O2. The van der Waals surface area contributed by atoms with E-state index in [-0.39, 0.29) is 17.7 Å². The average molecular weight is 771 g/mol. The van der Waals surface area contributed by atoms with Crippen molar-refractivity contribution in [3.05, 3.63) is 162 Å². The number of hydrogen-bond donors (Lipinski definition) is 0. The Labute approximate surface area is 347 Å². The summed E-state index contributed by atoms with van der Waals surface area (Å²) in [4.78, 5) is 2.60. The zero-order valence-electron chi connectivity index (χ0n) is 34.1. The largest absolute Gasteiger partial charge is 0.456 e. The number of nitrogens with zero attached hydrogens (tertiary/aromatic N) is 2. The summed E-state index contributed by atoms with van der Waals surface area (Å²) in [6.07, 6.45) is 0. The average Bonchev–Trinajstić information content (AvgIpc) is 3.97. The zero-order chi connectivity index (χ0) is 40.0. The molecule has 1 aliphatic carbocycles. The molecule has 0 radical (unpaired) electrons. The third-order valence-corrected chi connectivity index (χ3v) is 14.3. The fourth-order valence-electron chi connectivity index (χ4n) is 11.4. The molecule has 3 aliphatic rings. The van der Waals surface area contributed by atoms with E-state index >= 15 is 0 Å². The molecule has 5 heterocycles. The number of para-hydroxylation sites is 2. The maximum absolute atomic E-state index is 6.70. The SMILES string of the molecule is CC(C)(C)c1ccc(N2B3c4cc5c(cc4-n4c6cc7c(cc6c6ccc(c3c64)-c3cc4c(cc32)oc2ccccc24)C(C)(C)c2ccccc2-7)oc2ccccc25)cc1. The molecule has 0 N–H and O–H groups in total. The molecule has 0 amide bonds. The molecule has 3 aromatic heterocycles. The minimum Gasteiger partial charge on any atom is -0.456 e. The summed E-state index contributed by atoms with van der Waals surface area (Å²) < 4.78 is 15.9. The Morgan fingerprint density at radius 3 is 1.90 bits per heavy atom. The smallest absolute Gasteiger partial charge is 0.333 e. The van der Waals surface area contributed by atoms with Crippen LogP contribution in [0.25, 0.3) is 93.6 Å². The Bertz CT molecular complexity index is 3740. The number of furan rings is 2. The number of anilines is 2. The summed E-state index contributed by atoms with van der Waals surface area (Å²) in [7, 11) is 0. The molecular weight excluding hydrogens is 731 g/mol. The second-order valence-corrected chi connectivity index (χ2v) is 18.9. The third kappa shape index (κ3) is 3.98. The Kier molecular flexibility index (Phi) is 5.92. The molecule has 2 aliphatic heterocycles. The van der Waals surface area contributed by atoms with Crippen LogP contribution >= 0.6 is 0 Å². The molecule has 284 valence electrons. The van der Waals surface area contributed by atoms with Crippen LogP contribution < -0.4 is 15.7 Å². The second-order valence-electron chi connectivity index (χ2n) is 18.9. The Hall–Kier alpha value is -6.98. The number of fused-ring (bicyclic) bond motifs is 17. The highest BCUT2D eigenvalue weighted by Crippen LogP contribution is 2.53. The standard InChI is InChI=1S/C55H39BN2O2/c1-54(2,3)30-18-20-31(21-19-30)58-46-28-50-40(33-13-7-10-16-48(33)59-50)24-38(46)35-22-23-36-39-25-43-37(32-12-6-9-15-42(32)55(43,4)5)27-45(39)57-47-29-51-41(34-14-8-11-17-49(34)60-51)26-44(47)56(58)52(35)53(36)57/h6-29H,1-5H3. The van der Waals surface area contributed by atoms with Crippen molar-refractivity contribution in [2.24, 2.45) is 0 Å². The van der Waals surface area contributed by atoms with Crippen LogP contribution in [0, 0.1) is 0 Å². The number of hydrogen-bond acceptors (Lipinski definition) is 3. The molecule has 14 rings (SSSR count).